The van der Waals surface area contributed by atoms with Crippen LogP contribution in [0.3, 0.4) is 0 Å². The first kappa shape index (κ1) is 15.8. The van der Waals surface area contributed by atoms with Gasteiger partial charge in [0.2, 0.25) is 5.91 Å². The van der Waals surface area contributed by atoms with Gasteiger partial charge in [0.05, 0.1) is 0 Å². The van der Waals surface area contributed by atoms with Crippen LogP contribution >= 0.6 is 0 Å². The van der Waals surface area contributed by atoms with Crippen molar-refractivity contribution in [3.05, 3.63) is 0 Å². The van der Waals surface area contributed by atoms with Gasteiger partial charge in [-0.05, 0) is 46.1 Å². The maximum Gasteiger partial charge on any atom is 0.222 e. The van der Waals surface area contributed by atoms with Crippen molar-refractivity contribution in [3.63, 3.8) is 0 Å². The monoisotopic (exact) mass is 281 g/mol. The summed E-state index contributed by atoms with van der Waals surface area (Å²) in [6.45, 7) is 7.46. The van der Waals surface area contributed by atoms with Crippen LogP contribution in [0.2, 0.25) is 0 Å². The van der Waals surface area contributed by atoms with Gasteiger partial charge in [0.25, 0.3) is 0 Å². The summed E-state index contributed by atoms with van der Waals surface area (Å²) in [6.07, 6.45) is 8.34. The molecule has 0 aromatic heterocycles. The number of nitrogens with zero attached hydrogens (tertiary/aromatic N) is 1. The average molecular weight is 281 g/mol. The minimum absolute atomic E-state index is 0.330. The molecule has 0 saturated carbocycles. The maximum absolute atomic E-state index is 11.6. The van der Waals surface area contributed by atoms with E-state index in [1.165, 1.54) is 38.6 Å². The van der Waals surface area contributed by atoms with Gasteiger partial charge in [-0.1, -0.05) is 12.8 Å². The first-order valence-electron chi connectivity index (χ1n) is 8.42. The summed E-state index contributed by atoms with van der Waals surface area (Å²) in [5.41, 5.74) is 0. The van der Waals surface area contributed by atoms with Crippen molar-refractivity contribution in [2.24, 2.45) is 0 Å². The van der Waals surface area contributed by atoms with E-state index in [2.05, 4.69) is 24.5 Å². The minimum Gasteiger partial charge on any atom is -0.341 e. The normalized spacial score (nSPS) is 27.4. The molecule has 0 aromatic carbocycles. The lowest BCUT2D eigenvalue weighted by Gasteiger charge is -2.27. The zero-order valence-corrected chi connectivity index (χ0v) is 13.2. The van der Waals surface area contributed by atoms with Crippen molar-refractivity contribution in [2.45, 2.75) is 76.9 Å². The molecule has 3 atom stereocenters. The average Bonchev–Trinajstić information content (AvgIpc) is 2.65. The Bertz CT molecular complexity index is 300. The lowest BCUT2D eigenvalue weighted by atomic mass is 10.0. The smallest absolute Gasteiger partial charge is 0.222 e. The molecule has 1 amide bonds. The van der Waals surface area contributed by atoms with Crippen LogP contribution in [0.4, 0.5) is 0 Å². The molecule has 20 heavy (non-hydrogen) atoms. The molecule has 2 fully saturated rings. The molecule has 2 N–H and O–H groups in total. The Morgan fingerprint density at radius 2 is 2.10 bits per heavy atom. The van der Waals surface area contributed by atoms with Crippen molar-refractivity contribution >= 4 is 5.91 Å². The van der Waals surface area contributed by atoms with E-state index in [9.17, 15) is 4.79 Å². The van der Waals surface area contributed by atoms with Crippen LogP contribution in [0, 0.1) is 0 Å². The molecule has 3 unspecified atom stereocenters. The molecule has 0 aliphatic carbocycles. The van der Waals surface area contributed by atoms with Gasteiger partial charge in [-0.15, -0.1) is 0 Å². The van der Waals surface area contributed by atoms with Crippen molar-refractivity contribution in [2.75, 3.05) is 19.6 Å². The third-order valence-electron chi connectivity index (χ3n) is 4.54. The Morgan fingerprint density at radius 1 is 1.25 bits per heavy atom. The van der Waals surface area contributed by atoms with Crippen molar-refractivity contribution in [1.29, 1.82) is 0 Å². The van der Waals surface area contributed by atoms with Crippen LogP contribution in [0.1, 0.15) is 58.8 Å². The van der Waals surface area contributed by atoms with E-state index in [-0.39, 0.29) is 0 Å². The fourth-order valence-electron chi connectivity index (χ4n) is 3.56. The summed E-state index contributed by atoms with van der Waals surface area (Å²) in [6, 6.07) is 1.57. The van der Waals surface area contributed by atoms with Gasteiger partial charge in [-0.3, -0.25) is 4.79 Å². The molecule has 2 heterocycles. The highest BCUT2D eigenvalue weighted by molar-refractivity contribution is 5.78. The molecule has 4 heteroatoms. The summed E-state index contributed by atoms with van der Waals surface area (Å²) in [5.74, 6) is 0.330. The lowest BCUT2D eigenvalue weighted by molar-refractivity contribution is -0.127. The molecule has 2 aliphatic rings. The first-order valence-corrected chi connectivity index (χ1v) is 8.42. The SMILES string of the molecule is CC(CC1CCCCCN1)NC(C)CN1CCCC1=O. The van der Waals surface area contributed by atoms with E-state index in [1.807, 2.05) is 4.90 Å². The Labute approximate surface area is 123 Å². The molecule has 0 aromatic rings. The zero-order chi connectivity index (χ0) is 14.4. The molecule has 116 valence electrons. The van der Waals surface area contributed by atoms with Crippen molar-refractivity contribution in [1.82, 2.24) is 15.5 Å². The fourth-order valence-corrected chi connectivity index (χ4v) is 3.56. The Kier molecular flexibility index (Phi) is 6.30. The Morgan fingerprint density at radius 3 is 2.85 bits per heavy atom. The molecule has 4 nitrogen and oxygen atoms in total. The van der Waals surface area contributed by atoms with Gasteiger partial charge in [0.15, 0.2) is 0 Å². The van der Waals surface area contributed by atoms with Crippen LogP contribution in [0.25, 0.3) is 0 Å². The summed E-state index contributed by atoms with van der Waals surface area (Å²) < 4.78 is 0. The molecular formula is C16H31N3O. The second-order valence-corrected chi connectivity index (χ2v) is 6.65. The number of carbonyl (C=O) groups is 1. The predicted molar refractivity (Wildman–Crippen MR) is 82.7 cm³/mol. The van der Waals surface area contributed by atoms with E-state index in [0.717, 1.165) is 25.9 Å². The minimum atomic E-state index is 0.330. The third kappa shape index (κ3) is 5.06. The second kappa shape index (κ2) is 7.99. The number of amides is 1. The van der Waals surface area contributed by atoms with E-state index in [4.69, 9.17) is 0 Å². The molecule has 2 aliphatic heterocycles. The summed E-state index contributed by atoms with van der Waals surface area (Å²) in [7, 11) is 0. The second-order valence-electron chi connectivity index (χ2n) is 6.65. The number of likely N-dealkylation sites (tertiary alicyclic amines) is 1. The summed E-state index contributed by atoms with van der Waals surface area (Å²) in [4.78, 5) is 13.6. The highest BCUT2D eigenvalue weighted by atomic mass is 16.2. The highest BCUT2D eigenvalue weighted by Gasteiger charge is 2.22. The molecule has 0 radical (unpaired) electrons. The number of nitrogens with one attached hydrogen (secondary N) is 2. The number of hydrogen-bond acceptors (Lipinski definition) is 3. The van der Waals surface area contributed by atoms with Crippen LogP contribution in [0.5, 0.6) is 0 Å². The molecule has 2 saturated heterocycles. The van der Waals surface area contributed by atoms with E-state index in [0.29, 0.717) is 24.0 Å². The van der Waals surface area contributed by atoms with Gasteiger partial charge in [0, 0.05) is 37.6 Å². The van der Waals surface area contributed by atoms with E-state index < -0.39 is 0 Å². The number of rotatable bonds is 6. The standard InChI is InChI=1S/C16H31N3O/c1-13(11-15-7-4-3-5-9-17-15)18-14(2)12-19-10-6-8-16(19)20/h13-15,17-18H,3-12H2,1-2H3. The van der Waals surface area contributed by atoms with Crippen molar-refractivity contribution in [3.8, 4) is 0 Å². The molecular weight excluding hydrogens is 250 g/mol. The van der Waals surface area contributed by atoms with Gasteiger partial charge in [0.1, 0.15) is 0 Å². The highest BCUT2D eigenvalue weighted by Crippen LogP contribution is 2.14. The first-order chi connectivity index (χ1) is 9.65. The quantitative estimate of drug-likeness (QED) is 0.781. The van der Waals surface area contributed by atoms with Crippen LogP contribution in [0.15, 0.2) is 0 Å². The molecule has 0 spiro atoms. The fraction of sp³-hybridized carbons (Fsp3) is 0.938. The van der Waals surface area contributed by atoms with Crippen LogP contribution in [-0.4, -0.2) is 48.6 Å². The number of carbonyl (C=O) groups excluding carboxylic acids is 1. The van der Waals surface area contributed by atoms with Gasteiger partial charge < -0.3 is 15.5 Å². The Balaban J connectivity index is 1.67. The topological polar surface area (TPSA) is 44.4 Å². The number of hydrogen-bond donors (Lipinski definition) is 2. The predicted octanol–water partition coefficient (Wildman–Crippen LogP) is 1.90. The molecule has 0 bridgehead atoms. The summed E-state index contributed by atoms with van der Waals surface area (Å²) in [5, 5.41) is 7.32. The molecule has 2 rings (SSSR count). The largest absolute Gasteiger partial charge is 0.341 e. The van der Waals surface area contributed by atoms with Crippen molar-refractivity contribution < 1.29 is 4.79 Å². The maximum atomic E-state index is 11.6. The van der Waals surface area contributed by atoms with Gasteiger partial charge in [-0.2, -0.15) is 0 Å². The Hall–Kier alpha value is -0.610. The van der Waals surface area contributed by atoms with E-state index >= 15 is 0 Å². The third-order valence-corrected chi connectivity index (χ3v) is 4.54. The van der Waals surface area contributed by atoms with Crippen LogP contribution < -0.4 is 10.6 Å². The van der Waals surface area contributed by atoms with Crippen LogP contribution in [-0.2, 0) is 4.79 Å². The zero-order valence-electron chi connectivity index (χ0n) is 13.2. The van der Waals surface area contributed by atoms with Gasteiger partial charge in [-0.25, -0.2) is 0 Å². The lowest BCUT2D eigenvalue weighted by Crippen LogP contribution is -2.45. The van der Waals surface area contributed by atoms with E-state index in [1.54, 1.807) is 0 Å². The summed E-state index contributed by atoms with van der Waals surface area (Å²) >= 11 is 0. The van der Waals surface area contributed by atoms with Gasteiger partial charge >= 0.3 is 0 Å².